The van der Waals surface area contributed by atoms with Gasteiger partial charge in [-0.2, -0.15) is 0 Å². The zero-order valence-corrected chi connectivity index (χ0v) is 16.1. The summed E-state index contributed by atoms with van der Waals surface area (Å²) in [5.41, 5.74) is 9.62. The summed E-state index contributed by atoms with van der Waals surface area (Å²) in [5.74, 6) is 2.02. The number of methoxy groups -OCH3 is 1. The number of ether oxygens (including phenoxy) is 2. The second kappa shape index (κ2) is 9.01. The normalized spacial score (nSPS) is 17.3. The molecule has 0 radical (unpaired) electrons. The lowest BCUT2D eigenvalue weighted by Gasteiger charge is -2.21. The van der Waals surface area contributed by atoms with Gasteiger partial charge in [-0.15, -0.1) is 0 Å². The average Bonchev–Trinajstić information content (AvgIpc) is 3.11. The second-order valence-electron chi connectivity index (χ2n) is 6.30. The van der Waals surface area contributed by atoms with Crippen LogP contribution < -0.4 is 20.5 Å². The van der Waals surface area contributed by atoms with Crippen molar-refractivity contribution in [3.05, 3.63) is 70.8 Å². The highest BCUT2D eigenvalue weighted by Gasteiger charge is 2.23. The lowest BCUT2D eigenvalue weighted by atomic mass is 9.89. The third kappa shape index (κ3) is 4.74. The zero-order chi connectivity index (χ0) is 18.4. The van der Waals surface area contributed by atoms with Crippen LogP contribution in [0, 0.1) is 0 Å². The van der Waals surface area contributed by atoms with Gasteiger partial charge in [0.2, 0.25) is 0 Å². The third-order valence-corrected chi connectivity index (χ3v) is 5.18. The SMILES string of the molecule is CCCOc1ccc(C(Cc2ccc(OC)cc2)C2=CSC(N)N2)cc1. The number of allylic oxidation sites excluding steroid dienone is 1. The van der Waals surface area contributed by atoms with E-state index in [9.17, 15) is 0 Å². The Bertz CT molecular complexity index is 729. The van der Waals surface area contributed by atoms with Crippen molar-refractivity contribution in [2.75, 3.05) is 13.7 Å². The number of benzene rings is 2. The van der Waals surface area contributed by atoms with Gasteiger partial charge in [0.05, 0.1) is 13.7 Å². The van der Waals surface area contributed by atoms with Gasteiger partial charge in [-0.1, -0.05) is 43.0 Å². The minimum atomic E-state index is -0.0736. The molecule has 0 fully saturated rings. The average molecular weight is 371 g/mol. The summed E-state index contributed by atoms with van der Waals surface area (Å²) in [6.07, 6.45) is 1.90. The number of rotatable bonds is 8. The molecule has 5 heteroatoms. The molecule has 0 amide bonds. The standard InChI is InChI=1S/C21H26N2O2S/c1-3-12-25-18-10-6-16(7-11-18)19(20-14-26-21(22)23-20)13-15-4-8-17(24-2)9-5-15/h4-11,14,19,21,23H,3,12-13,22H2,1-2H3. The van der Waals surface area contributed by atoms with Gasteiger partial charge in [0.25, 0.3) is 0 Å². The van der Waals surface area contributed by atoms with Crippen LogP contribution in [0.4, 0.5) is 0 Å². The van der Waals surface area contributed by atoms with Gasteiger partial charge in [0, 0.05) is 11.6 Å². The molecule has 0 bridgehead atoms. The molecular weight excluding hydrogens is 344 g/mol. The fourth-order valence-corrected chi connectivity index (χ4v) is 3.71. The summed E-state index contributed by atoms with van der Waals surface area (Å²) in [4.78, 5) is 0. The van der Waals surface area contributed by atoms with Crippen molar-refractivity contribution in [1.82, 2.24) is 5.32 Å². The molecule has 2 atom stereocenters. The molecule has 26 heavy (non-hydrogen) atoms. The number of hydrogen-bond acceptors (Lipinski definition) is 5. The van der Waals surface area contributed by atoms with Gasteiger partial charge in [0.15, 0.2) is 0 Å². The Balaban J connectivity index is 1.81. The van der Waals surface area contributed by atoms with Crippen LogP contribution in [0.25, 0.3) is 0 Å². The van der Waals surface area contributed by atoms with Crippen molar-refractivity contribution in [3.63, 3.8) is 0 Å². The Kier molecular flexibility index (Phi) is 6.47. The topological polar surface area (TPSA) is 56.5 Å². The smallest absolute Gasteiger partial charge is 0.127 e. The van der Waals surface area contributed by atoms with Crippen molar-refractivity contribution < 1.29 is 9.47 Å². The van der Waals surface area contributed by atoms with Crippen LogP contribution in [0.3, 0.4) is 0 Å². The van der Waals surface area contributed by atoms with Crippen molar-refractivity contribution in [2.45, 2.75) is 31.2 Å². The molecule has 0 aliphatic carbocycles. The Labute approximate surface area is 159 Å². The molecule has 2 aromatic rings. The minimum Gasteiger partial charge on any atom is -0.497 e. The molecule has 0 saturated heterocycles. The van der Waals surface area contributed by atoms with E-state index in [1.807, 2.05) is 12.1 Å². The maximum Gasteiger partial charge on any atom is 0.127 e. The van der Waals surface area contributed by atoms with Crippen LogP contribution in [0.5, 0.6) is 11.5 Å². The number of nitrogens with one attached hydrogen (secondary N) is 1. The van der Waals surface area contributed by atoms with E-state index >= 15 is 0 Å². The lowest BCUT2D eigenvalue weighted by molar-refractivity contribution is 0.317. The largest absolute Gasteiger partial charge is 0.497 e. The molecule has 0 aromatic heterocycles. The molecular formula is C21H26N2O2S. The van der Waals surface area contributed by atoms with E-state index in [4.69, 9.17) is 15.2 Å². The Morgan fingerprint density at radius 3 is 2.35 bits per heavy atom. The van der Waals surface area contributed by atoms with E-state index in [1.165, 1.54) is 16.8 Å². The van der Waals surface area contributed by atoms with E-state index in [0.717, 1.165) is 30.9 Å². The van der Waals surface area contributed by atoms with Gasteiger partial charge < -0.3 is 20.5 Å². The van der Waals surface area contributed by atoms with Crippen molar-refractivity contribution >= 4 is 11.8 Å². The molecule has 0 saturated carbocycles. The van der Waals surface area contributed by atoms with Gasteiger partial charge >= 0.3 is 0 Å². The predicted octanol–water partition coefficient (Wildman–Crippen LogP) is 4.23. The number of nitrogens with two attached hydrogens (primary N) is 1. The zero-order valence-electron chi connectivity index (χ0n) is 15.3. The molecule has 1 heterocycles. The van der Waals surface area contributed by atoms with Crippen molar-refractivity contribution in [2.24, 2.45) is 5.73 Å². The first kappa shape index (κ1) is 18.7. The van der Waals surface area contributed by atoms with E-state index < -0.39 is 0 Å². The van der Waals surface area contributed by atoms with Crippen molar-refractivity contribution in [1.29, 1.82) is 0 Å². The van der Waals surface area contributed by atoms with Crippen LogP contribution in [0.2, 0.25) is 0 Å². The molecule has 4 nitrogen and oxygen atoms in total. The van der Waals surface area contributed by atoms with Gasteiger partial charge in [0.1, 0.15) is 17.0 Å². The minimum absolute atomic E-state index is 0.0736. The Hall–Kier alpha value is -2.11. The van der Waals surface area contributed by atoms with Gasteiger partial charge in [-0.05, 0) is 53.6 Å². The van der Waals surface area contributed by atoms with Crippen LogP contribution >= 0.6 is 11.8 Å². The second-order valence-corrected chi connectivity index (χ2v) is 7.31. The van der Waals surface area contributed by atoms with E-state index in [1.54, 1.807) is 18.9 Å². The van der Waals surface area contributed by atoms with Crippen LogP contribution in [0.15, 0.2) is 59.6 Å². The first-order valence-electron chi connectivity index (χ1n) is 8.93. The molecule has 1 aliphatic rings. The number of thioether (sulfide) groups is 1. The monoisotopic (exact) mass is 370 g/mol. The predicted molar refractivity (Wildman–Crippen MR) is 108 cm³/mol. The molecule has 2 unspecified atom stereocenters. The van der Waals surface area contributed by atoms with Crippen LogP contribution in [-0.4, -0.2) is 19.2 Å². The van der Waals surface area contributed by atoms with Crippen molar-refractivity contribution in [3.8, 4) is 11.5 Å². The maximum absolute atomic E-state index is 6.01. The molecule has 2 aromatic carbocycles. The summed E-state index contributed by atoms with van der Waals surface area (Å²) in [6.45, 7) is 2.85. The highest BCUT2D eigenvalue weighted by molar-refractivity contribution is 8.02. The summed E-state index contributed by atoms with van der Waals surface area (Å²) in [6, 6.07) is 16.6. The first-order chi connectivity index (χ1) is 12.7. The highest BCUT2D eigenvalue weighted by atomic mass is 32.2. The van der Waals surface area contributed by atoms with E-state index in [0.29, 0.717) is 0 Å². The molecule has 0 spiro atoms. The highest BCUT2D eigenvalue weighted by Crippen LogP contribution is 2.33. The Morgan fingerprint density at radius 2 is 1.77 bits per heavy atom. The molecule has 3 N–H and O–H groups in total. The van der Waals surface area contributed by atoms with E-state index in [-0.39, 0.29) is 11.4 Å². The number of hydrogen-bond donors (Lipinski definition) is 2. The lowest BCUT2D eigenvalue weighted by Crippen LogP contribution is -2.31. The van der Waals surface area contributed by atoms with E-state index in [2.05, 4.69) is 54.0 Å². The molecule has 1 aliphatic heterocycles. The fourth-order valence-electron chi connectivity index (χ4n) is 2.98. The van der Waals surface area contributed by atoms with Crippen LogP contribution in [0.1, 0.15) is 30.4 Å². The fraction of sp³-hybridized carbons (Fsp3) is 0.333. The molecule has 138 valence electrons. The first-order valence-corrected chi connectivity index (χ1v) is 9.87. The van der Waals surface area contributed by atoms with Crippen LogP contribution in [-0.2, 0) is 6.42 Å². The quantitative estimate of drug-likeness (QED) is 0.728. The summed E-state index contributed by atoms with van der Waals surface area (Å²) >= 11 is 1.62. The third-order valence-electron chi connectivity index (χ3n) is 4.38. The van der Waals surface area contributed by atoms with Gasteiger partial charge in [-0.3, -0.25) is 0 Å². The summed E-state index contributed by atoms with van der Waals surface area (Å²) in [5, 5.41) is 5.53. The molecule has 3 rings (SSSR count). The maximum atomic E-state index is 6.01. The van der Waals surface area contributed by atoms with Gasteiger partial charge in [-0.25, -0.2) is 0 Å². The summed E-state index contributed by atoms with van der Waals surface area (Å²) < 4.78 is 11.0. The summed E-state index contributed by atoms with van der Waals surface area (Å²) in [7, 11) is 1.69. The Morgan fingerprint density at radius 1 is 1.08 bits per heavy atom.